The van der Waals surface area contributed by atoms with Gasteiger partial charge in [-0.05, 0) is 13.8 Å². The molecule has 0 fully saturated rings. The SMILES string of the molecule is CCOC(=O)c1nnn(CC(C)OC)c1-c1nccn1C. The zero-order valence-corrected chi connectivity index (χ0v) is 12.6. The molecule has 8 heteroatoms. The lowest BCUT2D eigenvalue weighted by Crippen LogP contribution is -2.18. The minimum absolute atomic E-state index is 0.0687. The molecule has 114 valence electrons. The molecule has 0 saturated carbocycles. The number of hydrogen-bond acceptors (Lipinski definition) is 6. The molecule has 0 spiro atoms. The van der Waals surface area contributed by atoms with Gasteiger partial charge >= 0.3 is 5.97 Å². The van der Waals surface area contributed by atoms with Gasteiger partial charge < -0.3 is 14.0 Å². The number of carbonyl (C=O) groups is 1. The van der Waals surface area contributed by atoms with Crippen molar-refractivity contribution in [3.8, 4) is 11.5 Å². The van der Waals surface area contributed by atoms with Crippen LogP contribution in [0.25, 0.3) is 11.5 Å². The molecule has 0 aromatic carbocycles. The van der Waals surface area contributed by atoms with Crippen LogP contribution in [0.3, 0.4) is 0 Å². The van der Waals surface area contributed by atoms with E-state index in [4.69, 9.17) is 9.47 Å². The standard InChI is InChI=1S/C13H19N5O3/c1-5-21-13(19)10-11(12-14-6-7-17(12)3)18(16-15-10)8-9(2)20-4/h6-7,9H,5,8H2,1-4H3. The summed E-state index contributed by atoms with van der Waals surface area (Å²) in [4.78, 5) is 16.3. The lowest BCUT2D eigenvalue weighted by Gasteiger charge is -2.12. The van der Waals surface area contributed by atoms with Crippen LogP contribution in [0, 0.1) is 0 Å². The normalized spacial score (nSPS) is 12.4. The van der Waals surface area contributed by atoms with E-state index in [9.17, 15) is 4.79 Å². The summed E-state index contributed by atoms with van der Waals surface area (Å²) < 4.78 is 13.7. The summed E-state index contributed by atoms with van der Waals surface area (Å²) in [6.45, 7) is 4.40. The second-order valence-electron chi connectivity index (χ2n) is 4.60. The van der Waals surface area contributed by atoms with Crippen LogP contribution in [0.5, 0.6) is 0 Å². The Morgan fingerprint density at radius 3 is 2.81 bits per heavy atom. The fraction of sp³-hybridized carbons (Fsp3) is 0.538. The van der Waals surface area contributed by atoms with Gasteiger partial charge in [-0.1, -0.05) is 5.21 Å². The first-order chi connectivity index (χ1) is 10.1. The molecule has 2 rings (SSSR count). The second-order valence-corrected chi connectivity index (χ2v) is 4.60. The number of ether oxygens (including phenoxy) is 2. The Morgan fingerprint density at radius 2 is 2.24 bits per heavy atom. The molecule has 0 bridgehead atoms. The maximum atomic E-state index is 12.0. The third-order valence-corrected chi connectivity index (χ3v) is 3.07. The van der Waals surface area contributed by atoms with Gasteiger partial charge in [-0.2, -0.15) is 0 Å². The molecule has 0 aliphatic heterocycles. The summed E-state index contributed by atoms with van der Waals surface area (Å²) in [5.74, 6) is 0.0955. The predicted octanol–water partition coefficient (Wildman–Crippen LogP) is 0.890. The fourth-order valence-electron chi connectivity index (χ4n) is 1.91. The molecule has 21 heavy (non-hydrogen) atoms. The van der Waals surface area contributed by atoms with Crippen molar-refractivity contribution < 1.29 is 14.3 Å². The molecule has 0 N–H and O–H groups in total. The highest BCUT2D eigenvalue weighted by Crippen LogP contribution is 2.21. The predicted molar refractivity (Wildman–Crippen MR) is 74.7 cm³/mol. The Morgan fingerprint density at radius 1 is 1.48 bits per heavy atom. The highest BCUT2D eigenvalue weighted by molar-refractivity contribution is 5.93. The van der Waals surface area contributed by atoms with Gasteiger partial charge in [0.25, 0.3) is 0 Å². The number of imidazole rings is 1. The lowest BCUT2D eigenvalue weighted by atomic mass is 10.3. The van der Waals surface area contributed by atoms with Gasteiger partial charge in [0.2, 0.25) is 5.69 Å². The number of aromatic nitrogens is 5. The van der Waals surface area contributed by atoms with Crippen LogP contribution in [0.2, 0.25) is 0 Å². The monoisotopic (exact) mass is 293 g/mol. The van der Waals surface area contributed by atoms with Gasteiger partial charge in [-0.15, -0.1) is 5.10 Å². The van der Waals surface area contributed by atoms with Crippen LogP contribution in [0.4, 0.5) is 0 Å². The van der Waals surface area contributed by atoms with Gasteiger partial charge in [-0.3, -0.25) is 0 Å². The molecular weight excluding hydrogens is 274 g/mol. The largest absolute Gasteiger partial charge is 0.461 e. The van der Waals surface area contributed by atoms with Crippen molar-refractivity contribution in [2.45, 2.75) is 26.5 Å². The van der Waals surface area contributed by atoms with E-state index in [-0.39, 0.29) is 18.4 Å². The van der Waals surface area contributed by atoms with Crippen molar-refractivity contribution >= 4 is 5.97 Å². The summed E-state index contributed by atoms with van der Waals surface area (Å²) >= 11 is 0. The summed E-state index contributed by atoms with van der Waals surface area (Å²) in [5, 5.41) is 7.99. The Hall–Kier alpha value is -2.22. The van der Waals surface area contributed by atoms with Gasteiger partial charge in [0.1, 0.15) is 5.69 Å². The van der Waals surface area contributed by atoms with Crippen molar-refractivity contribution in [2.75, 3.05) is 13.7 Å². The second kappa shape index (κ2) is 6.49. The van der Waals surface area contributed by atoms with Gasteiger partial charge in [0, 0.05) is 26.6 Å². The van der Waals surface area contributed by atoms with Crippen molar-refractivity contribution in [2.24, 2.45) is 7.05 Å². The number of carbonyl (C=O) groups excluding carboxylic acids is 1. The first kappa shape index (κ1) is 15.2. The van der Waals surface area contributed by atoms with Crippen LogP contribution in [0.1, 0.15) is 24.3 Å². The number of hydrogen-bond donors (Lipinski definition) is 0. The Labute approximate surface area is 122 Å². The average molecular weight is 293 g/mol. The van der Waals surface area contributed by atoms with Crippen LogP contribution < -0.4 is 0 Å². The fourth-order valence-corrected chi connectivity index (χ4v) is 1.91. The van der Waals surface area contributed by atoms with Gasteiger partial charge in [-0.25, -0.2) is 14.5 Å². The quantitative estimate of drug-likeness (QED) is 0.735. The summed E-state index contributed by atoms with van der Waals surface area (Å²) in [6.07, 6.45) is 3.38. The van der Waals surface area contributed by atoms with E-state index in [0.717, 1.165) is 0 Å². The summed E-state index contributed by atoms with van der Waals surface area (Å²) in [7, 11) is 3.46. The zero-order valence-electron chi connectivity index (χ0n) is 12.6. The molecular formula is C13H19N5O3. The molecule has 0 amide bonds. The van der Waals surface area contributed by atoms with Crippen molar-refractivity contribution in [3.05, 3.63) is 18.1 Å². The van der Waals surface area contributed by atoms with Crippen LogP contribution >= 0.6 is 0 Å². The van der Waals surface area contributed by atoms with E-state index in [1.807, 2.05) is 14.0 Å². The molecule has 0 aliphatic rings. The maximum absolute atomic E-state index is 12.0. The Bertz CT molecular complexity index is 619. The van der Waals surface area contributed by atoms with E-state index in [1.54, 1.807) is 35.7 Å². The van der Waals surface area contributed by atoms with E-state index >= 15 is 0 Å². The van der Waals surface area contributed by atoms with Crippen molar-refractivity contribution in [1.82, 2.24) is 24.5 Å². The third-order valence-electron chi connectivity index (χ3n) is 3.07. The van der Waals surface area contributed by atoms with Crippen molar-refractivity contribution in [1.29, 1.82) is 0 Å². The highest BCUT2D eigenvalue weighted by Gasteiger charge is 2.25. The molecule has 1 unspecified atom stereocenters. The third kappa shape index (κ3) is 3.10. The minimum atomic E-state index is -0.508. The molecule has 1 atom stereocenters. The number of methoxy groups -OCH3 is 1. The molecule has 0 radical (unpaired) electrons. The van der Waals surface area contributed by atoms with E-state index < -0.39 is 5.97 Å². The minimum Gasteiger partial charge on any atom is -0.461 e. The van der Waals surface area contributed by atoms with E-state index in [1.165, 1.54) is 0 Å². The highest BCUT2D eigenvalue weighted by atomic mass is 16.5. The summed E-state index contributed by atoms with van der Waals surface area (Å²) in [5.41, 5.74) is 0.694. The van der Waals surface area contributed by atoms with Crippen LogP contribution in [0.15, 0.2) is 12.4 Å². The number of nitrogens with zero attached hydrogens (tertiary/aromatic N) is 5. The number of esters is 1. The first-order valence-corrected chi connectivity index (χ1v) is 6.69. The topological polar surface area (TPSA) is 84.1 Å². The smallest absolute Gasteiger partial charge is 0.361 e. The Kier molecular flexibility index (Phi) is 4.69. The van der Waals surface area contributed by atoms with Gasteiger partial charge in [0.15, 0.2) is 5.82 Å². The number of rotatable bonds is 6. The van der Waals surface area contributed by atoms with Crippen molar-refractivity contribution in [3.63, 3.8) is 0 Å². The lowest BCUT2D eigenvalue weighted by molar-refractivity contribution is 0.0520. The molecule has 2 aromatic rings. The molecule has 0 saturated heterocycles. The molecule has 8 nitrogen and oxygen atoms in total. The van der Waals surface area contributed by atoms with Crippen LogP contribution in [-0.4, -0.2) is 50.3 Å². The number of aryl methyl sites for hydroxylation is 1. The maximum Gasteiger partial charge on any atom is 0.361 e. The first-order valence-electron chi connectivity index (χ1n) is 6.69. The molecule has 0 aliphatic carbocycles. The molecule has 2 heterocycles. The average Bonchev–Trinajstić information content (AvgIpc) is 3.05. The summed E-state index contributed by atoms with van der Waals surface area (Å²) in [6, 6.07) is 0. The van der Waals surface area contributed by atoms with Crippen LogP contribution in [-0.2, 0) is 23.1 Å². The molecule has 2 aromatic heterocycles. The zero-order chi connectivity index (χ0) is 15.4. The van der Waals surface area contributed by atoms with E-state index in [0.29, 0.717) is 18.1 Å². The Balaban J connectivity index is 2.48. The van der Waals surface area contributed by atoms with E-state index in [2.05, 4.69) is 15.3 Å². The van der Waals surface area contributed by atoms with Gasteiger partial charge in [0.05, 0.1) is 19.3 Å².